The van der Waals surface area contributed by atoms with Crippen molar-refractivity contribution in [3.8, 4) is 0 Å². The van der Waals surface area contributed by atoms with Crippen molar-refractivity contribution in [1.29, 1.82) is 0 Å². The quantitative estimate of drug-likeness (QED) is 0.840. The fraction of sp³-hybridized carbons (Fsp3) is 0.700. The summed E-state index contributed by atoms with van der Waals surface area (Å²) in [5, 5.41) is 0. The number of ether oxygens (including phenoxy) is 1. The third kappa shape index (κ3) is 4.51. The highest BCUT2D eigenvalue weighted by Crippen LogP contribution is 2.31. The van der Waals surface area contributed by atoms with Gasteiger partial charge in [0.15, 0.2) is 0 Å². The zero-order valence-electron chi connectivity index (χ0n) is 15.6. The molecule has 2 fully saturated rings. The molecule has 2 saturated heterocycles. The van der Waals surface area contributed by atoms with Gasteiger partial charge in [0.05, 0.1) is 6.61 Å². The first kappa shape index (κ1) is 18.2. The molecule has 0 spiro atoms. The minimum Gasteiger partial charge on any atom is -0.450 e. The van der Waals surface area contributed by atoms with Crippen molar-refractivity contribution in [2.75, 3.05) is 32.8 Å². The van der Waals surface area contributed by atoms with Crippen LogP contribution in [0, 0.1) is 6.92 Å². The van der Waals surface area contributed by atoms with Crippen LogP contribution in [-0.4, -0.2) is 59.7 Å². The minimum absolute atomic E-state index is 0.145. The predicted octanol–water partition coefficient (Wildman–Crippen LogP) is 3.58. The fourth-order valence-corrected chi connectivity index (χ4v) is 4.35. The van der Waals surface area contributed by atoms with Gasteiger partial charge in [-0.05, 0) is 76.6 Å². The monoisotopic (exact) mass is 345 g/mol. The third-order valence-corrected chi connectivity index (χ3v) is 5.76. The summed E-state index contributed by atoms with van der Waals surface area (Å²) in [4.78, 5) is 20.9. The highest BCUT2D eigenvalue weighted by Gasteiger charge is 2.29. The molecule has 0 saturated carbocycles. The number of amides is 1. The fourth-order valence-electron chi connectivity index (χ4n) is 4.35. The minimum atomic E-state index is -0.145. The predicted molar refractivity (Wildman–Crippen MR) is 98.8 cm³/mol. The van der Waals surface area contributed by atoms with Crippen LogP contribution in [0.2, 0.25) is 0 Å². The summed E-state index contributed by atoms with van der Waals surface area (Å²) in [6.45, 7) is 8.42. The second-order valence-corrected chi connectivity index (χ2v) is 7.26. The van der Waals surface area contributed by atoms with E-state index < -0.39 is 0 Å². The van der Waals surface area contributed by atoms with Gasteiger partial charge in [0, 0.05) is 31.0 Å². The summed E-state index contributed by atoms with van der Waals surface area (Å²) < 4.78 is 5.16. The number of nitrogens with zero attached hydrogens (tertiary/aromatic N) is 3. The maximum absolute atomic E-state index is 11.9. The molecule has 3 rings (SSSR count). The van der Waals surface area contributed by atoms with Gasteiger partial charge >= 0.3 is 6.09 Å². The molecule has 5 nitrogen and oxygen atoms in total. The zero-order chi connectivity index (χ0) is 17.6. The molecular weight excluding hydrogens is 314 g/mol. The summed E-state index contributed by atoms with van der Waals surface area (Å²) in [5.74, 6) is 0.645. The lowest BCUT2D eigenvalue weighted by Crippen LogP contribution is -2.42. The topological polar surface area (TPSA) is 45.7 Å². The Morgan fingerprint density at radius 1 is 1.20 bits per heavy atom. The van der Waals surface area contributed by atoms with E-state index in [1.165, 1.54) is 30.5 Å². The second kappa shape index (κ2) is 8.65. The van der Waals surface area contributed by atoms with E-state index in [1.54, 1.807) is 0 Å². The van der Waals surface area contributed by atoms with E-state index in [1.807, 2.05) is 18.0 Å². The molecule has 0 bridgehead atoms. The molecule has 0 aromatic carbocycles. The zero-order valence-corrected chi connectivity index (χ0v) is 15.6. The van der Waals surface area contributed by atoms with Crippen molar-refractivity contribution in [2.45, 2.75) is 57.9 Å². The van der Waals surface area contributed by atoms with Crippen LogP contribution >= 0.6 is 0 Å². The Hall–Kier alpha value is -1.62. The number of piperidine rings is 1. The first-order valence-electron chi connectivity index (χ1n) is 9.76. The molecule has 1 atom stereocenters. The van der Waals surface area contributed by atoms with Gasteiger partial charge in [-0.15, -0.1) is 0 Å². The number of aryl methyl sites for hydroxylation is 1. The molecule has 1 aromatic rings. The lowest BCUT2D eigenvalue weighted by molar-refractivity contribution is 0.105. The molecular formula is C20H31N3O2. The van der Waals surface area contributed by atoms with Crippen LogP contribution in [0.25, 0.3) is 0 Å². The second-order valence-electron chi connectivity index (χ2n) is 7.26. The lowest BCUT2D eigenvalue weighted by atomic mass is 9.87. The van der Waals surface area contributed by atoms with Crippen LogP contribution in [0.1, 0.15) is 56.2 Å². The first-order chi connectivity index (χ1) is 12.2. The Morgan fingerprint density at radius 2 is 2.00 bits per heavy atom. The molecule has 1 aromatic heterocycles. The molecule has 5 heteroatoms. The summed E-state index contributed by atoms with van der Waals surface area (Å²) in [6.07, 6.45) is 7.49. The largest absolute Gasteiger partial charge is 0.450 e. The van der Waals surface area contributed by atoms with Crippen molar-refractivity contribution in [1.82, 2.24) is 14.8 Å². The van der Waals surface area contributed by atoms with Crippen molar-refractivity contribution < 1.29 is 9.53 Å². The maximum atomic E-state index is 11.9. The van der Waals surface area contributed by atoms with Crippen molar-refractivity contribution in [3.63, 3.8) is 0 Å². The molecule has 25 heavy (non-hydrogen) atoms. The number of hydrogen-bond acceptors (Lipinski definition) is 4. The van der Waals surface area contributed by atoms with Gasteiger partial charge in [-0.2, -0.15) is 0 Å². The van der Waals surface area contributed by atoms with E-state index >= 15 is 0 Å². The van der Waals surface area contributed by atoms with Crippen LogP contribution in [-0.2, 0) is 4.74 Å². The standard InChI is InChI=1S/C20H31N3O2/c1-3-25-20(24)23-12-5-6-18(10-15-23)22-13-8-17(9-14-22)19-7-4-11-21-16(19)2/h4,7,11,17-18H,3,5-6,8-10,12-15H2,1-2H3. The molecule has 0 radical (unpaired) electrons. The molecule has 2 aliphatic rings. The highest BCUT2D eigenvalue weighted by atomic mass is 16.6. The van der Waals surface area contributed by atoms with Crippen LogP contribution in [0.3, 0.4) is 0 Å². The molecule has 1 unspecified atom stereocenters. The third-order valence-electron chi connectivity index (χ3n) is 5.76. The Labute approximate surface area is 151 Å². The Morgan fingerprint density at radius 3 is 2.72 bits per heavy atom. The number of carbonyl (C=O) groups is 1. The van der Waals surface area contributed by atoms with Crippen LogP contribution in [0.15, 0.2) is 18.3 Å². The molecule has 0 aliphatic carbocycles. The van der Waals surface area contributed by atoms with Crippen LogP contribution in [0.4, 0.5) is 4.79 Å². The Bertz CT molecular complexity index is 570. The number of hydrogen-bond donors (Lipinski definition) is 0. The van der Waals surface area contributed by atoms with Crippen LogP contribution < -0.4 is 0 Å². The molecule has 3 heterocycles. The van der Waals surface area contributed by atoms with Crippen LogP contribution in [0.5, 0.6) is 0 Å². The smallest absolute Gasteiger partial charge is 0.409 e. The first-order valence-corrected chi connectivity index (χ1v) is 9.76. The van der Waals surface area contributed by atoms with Gasteiger partial charge in [-0.25, -0.2) is 4.79 Å². The van der Waals surface area contributed by atoms with Gasteiger partial charge in [0.1, 0.15) is 0 Å². The van der Waals surface area contributed by atoms with Gasteiger partial charge < -0.3 is 14.5 Å². The Balaban J connectivity index is 1.51. The molecule has 1 amide bonds. The number of likely N-dealkylation sites (tertiary alicyclic amines) is 2. The molecule has 2 aliphatic heterocycles. The lowest BCUT2D eigenvalue weighted by Gasteiger charge is -2.37. The maximum Gasteiger partial charge on any atom is 0.409 e. The number of rotatable bonds is 3. The van der Waals surface area contributed by atoms with E-state index in [-0.39, 0.29) is 6.09 Å². The van der Waals surface area contributed by atoms with E-state index in [2.05, 4.69) is 28.9 Å². The average molecular weight is 345 g/mol. The Kier molecular flexibility index (Phi) is 6.29. The van der Waals surface area contributed by atoms with Crippen molar-refractivity contribution in [3.05, 3.63) is 29.6 Å². The summed E-state index contributed by atoms with van der Waals surface area (Å²) >= 11 is 0. The average Bonchev–Trinajstić information content (AvgIpc) is 2.89. The normalized spacial score (nSPS) is 23.3. The van der Waals surface area contributed by atoms with E-state index in [0.717, 1.165) is 39.0 Å². The summed E-state index contributed by atoms with van der Waals surface area (Å²) in [7, 11) is 0. The van der Waals surface area contributed by atoms with E-state index in [9.17, 15) is 4.79 Å². The van der Waals surface area contributed by atoms with Gasteiger partial charge in [-0.1, -0.05) is 6.07 Å². The van der Waals surface area contributed by atoms with Crippen molar-refractivity contribution in [2.24, 2.45) is 0 Å². The van der Waals surface area contributed by atoms with Crippen molar-refractivity contribution >= 4 is 6.09 Å². The summed E-state index contributed by atoms with van der Waals surface area (Å²) in [6, 6.07) is 4.91. The van der Waals surface area contributed by atoms with Gasteiger partial charge in [0.2, 0.25) is 0 Å². The van der Waals surface area contributed by atoms with E-state index in [0.29, 0.717) is 18.6 Å². The molecule has 138 valence electrons. The number of carbonyl (C=O) groups excluding carboxylic acids is 1. The van der Waals surface area contributed by atoms with Gasteiger partial charge in [-0.3, -0.25) is 4.98 Å². The SMILES string of the molecule is CCOC(=O)N1CCCC(N2CCC(c3cccnc3C)CC2)CC1. The van der Waals surface area contributed by atoms with Gasteiger partial charge in [0.25, 0.3) is 0 Å². The van der Waals surface area contributed by atoms with E-state index in [4.69, 9.17) is 4.74 Å². The molecule has 0 N–H and O–H groups in total. The summed E-state index contributed by atoms with van der Waals surface area (Å²) in [5.41, 5.74) is 2.61. The number of aromatic nitrogens is 1. The number of pyridine rings is 1. The highest BCUT2D eigenvalue weighted by molar-refractivity contribution is 5.67.